The second-order valence-electron chi connectivity index (χ2n) is 5.61. The van der Waals surface area contributed by atoms with Gasteiger partial charge in [-0.25, -0.2) is 0 Å². The first kappa shape index (κ1) is 15.4. The van der Waals surface area contributed by atoms with Gasteiger partial charge in [0.05, 0.1) is 0 Å². The molecule has 0 radical (unpaired) electrons. The van der Waals surface area contributed by atoms with Crippen LogP contribution < -0.4 is 0 Å². The minimum absolute atomic E-state index is 0.484. The summed E-state index contributed by atoms with van der Waals surface area (Å²) < 4.78 is 7.10. The van der Waals surface area contributed by atoms with Crippen LogP contribution in [0.4, 0.5) is 0 Å². The average molecular weight is 427 g/mol. The zero-order chi connectivity index (χ0) is 16.6. The third-order valence-corrected chi connectivity index (χ3v) is 4.84. The predicted octanol–water partition coefficient (Wildman–Crippen LogP) is 4.72. The van der Waals surface area contributed by atoms with E-state index >= 15 is 0 Å². The van der Waals surface area contributed by atoms with Crippen molar-refractivity contribution in [1.82, 2.24) is 4.98 Å². The molecule has 0 aliphatic rings. The van der Waals surface area contributed by atoms with Crippen molar-refractivity contribution in [1.29, 1.82) is 0 Å². The molecular formula is C20H14INO2. The first-order chi connectivity index (χ1) is 11.7. The Labute approximate surface area is 153 Å². The number of hydrogen-bond acceptors (Lipinski definition) is 3. The summed E-state index contributed by atoms with van der Waals surface area (Å²) in [4.78, 5) is 4.17. The van der Waals surface area contributed by atoms with E-state index in [4.69, 9.17) is 4.42 Å². The maximum atomic E-state index is 11.7. The van der Waals surface area contributed by atoms with Gasteiger partial charge in [0.1, 0.15) is 11.3 Å². The van der Waals surface area contributed by atoms with Gasteiger partial charge < -0.3 is 9.52 Å². The highest BCUT2D eigenvalue weighted by atomic mass is 127. The lowest BCUT2D eigenvalue weighted by molar-refractivity contribution is 0.101. The molecule has 0 saturated carbocycles. The van der Waals surface area contributed by atoms with E-state index in [1.54, 1.807) is 12.4 Å². The minimum atomic E-state index is -1.39. The van der Waals surface area contributed by atoms with Crippen molar-refractivity contribution in [3.05, 3.63) is 99.6 Å². The smallest absolute Gasteiger partial charge is 0.174 e. The maximum absolute atomic E-state index is 11.7. The molecule has 3 nitrogen and oxygen atoms in total. The normalized spacial score (nSPS) is 13.8. The molecule has 0 aliphatic carbocycles. The first-order valence-electron chi connectivity index (χ1n) is 7.56. The summed E-state index contributed by atoms with van der Waals surface area (Å²) in [5.74, 6) is 0.484. The largest absolute Gasteiger partial charge is 0.457 e. The van der Waals surface area contributed by atoms with E-state index in [2.05, 4.69) is 27.6 Å². The highest BCUT2D eigenvalue weighted by molar-refractivity contribution is 14.1. The van der Waals surface area contributed by atoms with Gasteiger partial charge in [-0.1, -0.05) is 36.4 Å². The molecule has 0 aliphatic heterocycles. The Balaban J connectivity index is 1.98. The van der Waals surface area contributed by atoms with E-state index in [9.17, 15) is 5.11 Å². The topological polar surface area (TPSA) is 46.3 Å². The number of fused-ring (bicyclic) bond motifs is 1. The highest BCUT2D eigenvalue weighted by Gasteiger charge is 2.37. The van der Waals surface area contributed by atoms with Crippen molar-refractivity contribution in [2.75, 3.05) is 0 Å². The molecule has 118 valence electrons. The number of nitrogens with zero attached hydrogens (tertiary/aromatic N) is 1. The number of hydrogen-bond donors (Lipinski definition) is 1. The standard InChI is InChI=1S/C20H14INO2/c21-17-9-7-15(8-10-17)20(23,16-5-3-11-22-13-16)19-12-14-4-1-2-6-18(14)24-19/h1-13,23H. The van der Waals surface area contributed by atoms with E-state index in [0.717, 1.165) is 20.1 Å². The summed E-state index contributed by atoms with van der Waals surface area (Å²) >= 11 is 2.25. The van der Waals surface area contributed by atoms with Crippen LogP contribution in [0.15, 0.2) is 83.5 Å². The Morgan fingerprint density at radius 3 is 2.42 bits per heavy atom. The predicted molar refractivity (Wildman–Crippen MR) is 102 cm³/mol. The van der Waals surface area contributed by atoms with Crippen LogP contribution in [0.25, 0.3) is 11.0 Å². The molecule has 0 spiro atoms. The Morgan fingerprint density at radius 2 is 1.71 bits per heavy atom. The number of aromatic nitrogens is 1. The molecule has 4 heteroatoms. The van der Waals surface area contributed by atoms with Gasteiger partial charge in [-0.05, 0) is 58.5 Å². The summed E-state index contributed by atoms with van der Waals surface area (Å²) in [5.41, 5.74) is 0.776. The third-order valence-electron chi connectivity index (χ3n) is 4.12. The van der Waals surface area contributed by atoms with Gasteiger partial charge in [0.25, 0.3) is 0 Å². The summed E-state index contributed by atoms with van der Waals surface area (Å²) in [7, 11) is 0. The van der Waals surface area contributed by atoms with E-state index < -0.39 is 5.60 Å². The summed E-state index contributed by atoms with van der Waals surface area (Å²) in [5, 5.41) is 12.6. The molecule has 4 aromatic rings. The molecule has 2 heterocycles. The molecule has 0 bridgehead atoms. The zero-order valence-corrected chi connectivity index (χ0v) is 14.8. The first-order valence-corrected chi connectivity index (χ1v) is 8.64. The zero-order valence-electron chi connectivity index (χ0n) is 12.7. The average Bonchev–Trinajstić information content (AvgIpc) is 3.07. The van der Waals surface area contributed by atoms with E-state index in [0.29, 0.717) is 11.3 Å². The van der Waals surface area contributed by atoms with Gasteiger partial charge >= 0.3 is 0 Å². The van der Waals surface area contributed by atoms with Gasteiger partial charge in [0, 0.05) is 26.9 Å². The number of rotatable bonds is 3. The lowest BCUT2D eigenvalue weighted by atomic mass is 9.85. The molecule has 24 heavy (non-hydrogen) atoms. The SMILES string of the molecule is OC(c1ccc(I)cc1)(c1cccnc1)c1cc2ccccc2o1. The number of para-hydroxylation sites is 1. The summed E-state index contributed by atoms with van der Waals surface area (Å²) in [6.07, 6.45) is 3.36. The van der Waals surface area contributed by atoms with Crippen LogP contribution in [0.2, 0.25) is 0 Å². The van der Waals surface area contributed by atoms with Crippen LogP contribution in [-0.4, -0.2) is 10.1 Å². The number of halogens is 1. The van der Waals surface area contributed by atoms with Crippen molar-refractivity contribution in [3.8, 4) is 0 Å². The highest BCUT2D eigenvalue weighted by Crippen LogP contribution is 2.39. The second kappa shape index (κ2) is 6.03. The van der Waals surface area contributed by atoms with Crippen LogP contribution in [0, 0.1) is 3.57 Å². The molecule has 0 amide bonds. The summed E-state index contributed by atoms with van der Waals surface area (Å²) in [6, 6.07) is 21.1. The number of furan rings is 1. The van der Waals surface area contributed by atoms with E-state index in [1.165, 1.54) is 0 Å². The van der Waals surface area contributed by atoms with Crippen LogP contribution in [-0.2, 0) is 5.60 Å². The van der Waals surface area contributed by atoms with Crippen LogP contribution in [0.1, 0.15) is 16.9 Å². The van der Waals surface area contributed by atoms with Crippen molar-refractivity contribution in [2.24, 2.45) is 0 Å². The lowest BCUT2D eigenvalue weighted by Gasteiger charge is -2.27. The number of pyridine rings is 1. The fourth-order valence-corrected chi connectivity index (χ4v) is 3.24. The van der Waals surface area contributed by atoms with Crippen molar-refractivity contribution in [3.63, 3.8) is 0 Å². The van der Waals surface area contributed by atoms with Crippen LogP contribution >= 0.6 is 22.6 Å². The van der Waals surface area contributed by atoms with Gasteiger partial charge in [-0.15, -0.1) is 0 Å². The second-order valence-corrected chi connectivity index (χ2v) is 6.85. The monoisotopic (exact) mass is 427 g/mol. The minimum Gasteiger partial charge on any atom is -0.457 e. The van der Waals surface area contributed by atoms with Crippen LogP contribution in [0.3, 0.4) is 0 Å². The molecular weight excluding hydrogens is 413 g/mol. The quantitative estimate of drug-likeness (QED) is 0.482. The fourth-order valence-electron chi connectivity index (χ4n) is 2.88. The Morgan fingerprint density at radius 1 is 0.917 bits per heavy atom. The molecule has 1 unspecified atom stereocenters. The lowest BCUT2D eigenvalue weighted by Crippen LogP contribution is -2.28. The summed E-state index contributed by atoms with van der Waals surface area (Å²) in [6.45, 7) is 0. The number of benzene rings is 2. The van der Waals surface area contributed by atoms with Gasteiger partial charge in [-0.2, -0.15) is 0 Å². The third kappa shape index (κ3) is 2.52. The molecule has 1 atom stereocenters. The Hall–Kier alpha value is -2.18. The van der Waals surface area contributed by atoms with Gasteiger partial charge in [0.2, 0.25) is 0 Å². The number of aliphatic hydroxyl groups is 1. The van der Waals surface area contributed by atoms with Gasteiger partial charge in [0.15, 0.2) is 5.60 Å². The Kier molecular flexibility index (Phi) is 3.86. The van der Waals surface area contributed by atoms with Crippen molar-refractivity contribution < 1.29 is 9.52 Å². The molecule has 1 N–H and O–H groups in total. The van der Waals surface area contributed by atoms with Crippen molar-refractivity contribution in [2.45, 2.75) is 5.60 Å². The van der Waals surface area contributed by atoms with E-state index in [-0.39, 0.29) is 0 Å². The fraction of sp³-hybridized carbons (Fsp3) is 0.0500. The van der Waals surface area contributed by atoms with E-state index in [1.807, 2.05) is 66.7 Å². The molecule has 0 fully saturated rings. The van der Waals surface area contributed by atoms with Gasteiger partial charge in [-0.3, -0.25) is 4.98 Å². The molecule has 0 saturated heterocycles. The van der Waals surface area contributed by atoms with Crippen LogP contribution in [0.5, 0.6) is 0 Å². The Bertz CT molecular complexity index is 946. The molecule has 2 aromatic heterocycles. The maximum Gasteiger partial charge on any atom is 0.174 e. The molecule has 2 aromatic carbocycles. The molecule has 4 rings (SSSR count). The van der Waals surface area contributed by atoms with Crippen molar-refractivity contribution >= 4 is 33.6 Å².